The molecule has 0 fully saturated rings. The fourth-order valence-electron chi connectivity index (χ4n) is 1.67. The van der Waals surface area contributed by atoms with E-state index < -0.39 is 15.8 Å². The topological polar surface area (TPSA) is 72.2 Å². The summed E-state index contributed by atoms with van der Waals surface area (Å²) in [4.78, 5) is -0.0237. The molecular formula is C13H11Br2FN2O2S. The molecule has 0 bridgehead atoms. The molecule has 0 heterocycles. The number of hydrogen-bond acceptors (Lipinski definition) is 3. The van der Waals surface area contributed by atoms with Crippen LogP contribution >= 0.6 is 31.9 Å². The zero-order valence-electron chi connectivity index (χ0n) is 10.6. The molecule has 8 heteroatoms. The highest BCUT2D eigenvalue weighted by atomic mass is 79.9. The molecule has 21 heavy (non-hydrogen) atoms. The first-order valence-electron chi connectivity index (χ1n) is 5.78. The van der Waals surface area contributed by atoms with Gasteiger partial charge in [0, 0.05) is 15.5 Å². The number of rotatable bonds is 4. The predicted octanol–water partition coefficient (Wildman–Crippen LogP) is 3.41. The molecule has 0 aliphatic rings. The molecule has 0 aromatic heterocycles. The fourth-order valence-corrected chi connectivity index (χ4v) is 3.73. The van der Waals surface area contributed by atoms with Gasteiger partial charge in [-0.3, -0.25) is 0 Å². The van der Waals surface area contributed by atoms with Crippen LogP contribution in [0.25, 0.3) is 0 Å². The van der Waals surface area contributed by atoms with E-state index in [1.807, 2.05) is 0 Å². The number of halogens is 3. The molecule has 3 N–H and O–H groups in total. The van der Waals surface area contributed by atoms with Gasteiger partial charge in [0.2, 0.25) is 10.0 Å². The summed E-state index contributed by atoms with van der Waals surface area (Å²) in [5, 5.41) is 0. The molecule has 0 atom stereocenters. The lowest BCUT2D eigenvalue weighted by molar-refractivity contribution is 0.580. The fraction of sp³-hybridized carbons (Fsp3) is 0.0769. The molecule has 2 rings (SSSR count). The highest BCUT2D eigenvalue weighted by Gasteiger charge is 2.18. The second-order valence-electron chi connectivity index (χ2n) is 4.24. The van der Waals surface area contributed by atoms with Crippen molar-refractivity contribution in [3.63, 3.8) is 0 Å². The van der Waals surface area contributed by atoms with Gasteiger partial charge in [-0.15, -0.1) is 0 Å². The van der Waals surface area contributed by atoms with Crippen molar-refractivity contribution in [3.8, 4) is 0 Å². The van der Waals surface area contributed by atoms with Crippen LogP contribution in [0, 0.1) is 5.82 Å². The van der Waals surface area contributed by atoms with Gasteiger partial charge >= 0.3 is 0 Å². The summed E-state index contributed by atoms with van der Waals surface area (Å²) in [6.45, 7) is -0.0490. The van der Waals surface area contributed by atoms with E-state index in [-0.39, 0.29) is 17.1 Å². The first-order valence-corrected chi connectivity index (χ1v) is 8.85. The lowest BCUT2D eigenvalue weighted by Crippen LogP contribution is -2.24. The van der Waals surface area contributed by atoms with Gasteiger partial charge in [-0.25, -0.2) is 17.5 Å². The van der Waals surface area contributed by atoms with Gasteiger partial charge in [0.25, 0.3) is 0 Å². The van der Waals surface area contributed by atoms with Crippen LogP contribution in [0.3, 0.4) is 0 Å². The molecular weight excluding hydrogens is 427 g/mol. The van der Waals surface area contributed by atoms with Crippen molar-refractivity contribution in [2.24, 2.45) is 0 Å². The molecule has 0 saturated heterocycles. The Morgan fingerprint density at radius 2 is 1.86 bits per heavy atom. The van der Waals surface area contributed by atoms with E-state index in [2.05, 4.69) is 36.6 Å². The number of nitrogens with one attached hydrogen (secondary N) is 1. The van der Waals surface area contributed by atoms with Crippen molar-refractivity contribution in [1.29, 1.82) is 0 Å². The summed E-state index contributed by atoms with van der Waals surface area (Å²) in [5.41, 5.74) is 6.32. The average molecular weight is 438 g/mol. The largest absolute Gasteiger partial charge is 0.398 e. The van der Waals surface area contributed by atoms with E-state index in [9.17, 15) is 12.8 Å². The third-order valence-corrected chi connectivity index (χ3v) is 5.45. The number of benzene rings is 2. The van der Waals surface area contributed by atoms with Crippen molar-refractivity contribution in [3.05, 3.63) is 56.7 Å². The quantitative estimate of drug-likeness (QED) is 0.720. The summed E-state index contributed by atoms with van der Waals surface area (Å²) in [6, 6.07) is 8.63. The standard InChI is InChI=1S/C13H11Br2FN2O2S/c14-9-1-4-12(17)13(6-9)21(19,20)18-7-8-5-10(16)2-3-11(8)15/h1-6,18H,7,17H2. The zero-order chi connectivity index (χ0) is 15.6. The third-order valence-electron chi connectivity index (χ3n) is 2.73. The van der Waals surface area contributed by atoms with Gasteiger partial charge in [-0.1, -0.05) is 31.9 Å². The summed E-state index contributed by atoms with van der Waals surface area (Å²) in [6.07, 6.45) is 0. The minimum atomic E-state index is -3.79. The van der Waals surface area contributed by atoms with Crippen LogP contribution in [0.5, 0.6) is 0 Å². The van der Waals surface area contributed by atoms with Crippen LogP contribution in [0.4, 0.5) is 10.1 Å². The Bertz CT molecular complexity index is 782. The second-order valence-corrected chi connectivity index (χ2v) is 7.75. The smallest absolute Gasteiger partial charge is 0.242 e. The van der Waals surface area contributed by atoms with Crippen molar-refractivity contribution in [2.75, 3.05) is 5.73 Å². The minimum Gasteiger partial charge on any atom is -0.398 e. The van der Waals surface area contributed by atoms with Crippen LogP contribution in [0.2, 0.25) is 0 Å². The summed E-state index contributed by atoms with van der Waals surface area (Å²) in [7, 11) is -3.79. The molecule has 112 valence electrons. The van der Waals surface area contributed by atoms with Gasteiger partial charge in [0.15, 0.2) is 0 Å². The Morgan fingerprint density at radius 3 is 2.57 bits per heavy atom. The van der Waals surface area contributed by atoms with Gasteiger partial charge in [-0.2, -0.15) is 0 Å². The maximum Gasteiger partial charge on any atom is 0.242 e. The lowest BCUT2D eigenvalue weighted by atomic mass is 10.2. The molecule has 2 aromatic rings. The van der Waals surface area contributed by atoms with Gasteiger partial charge in [0.05, 0.1) is 5.69 Å². The normalized spacial score (nSPS) is 11.6. The van der Waals surface area contributed by atoms with Crippen LogP contribution in [-0.4, -0.2) is 8.42 Å². The second kappa shape index (κ2) is 6.43. The average Bonchev–Trinajstić information content (AvgIpc) is 2.42. The number of hydrogen-bond donors (Lipinski definition) is 2. The summed E-state index contributed by atoms with van der Waals surface area (Å²) < 4.78 is 41.3. The highest BCUT2D eigenvalue weighted by molar-refractivity contribution is 9.10. The summed E-state index contributed by atoms with van der Waals surface area (Å²) >= 11 is 6.45. The molecule has 0 saturated carbocycles. The van der Waals surface area contributed by atoms with E-state index in [0.29, 0.717) is 14.5 Å². The Kier molecular flexibility index (Phi) is 5.03. The zero-order valence-corrected chi connectivity index (χ0v) is 14.6. The van der Waals surface area contributed by atoms with Crippen LogP contribution in [0.15, 0.2) is 50.2 Å². The minimum absolute atomic E-state index is 0.0237. The van der Waals surface area contributed by atoms with E-state index in [4.69, 9.17) is 5.73 Å². The molecule has 0 unspecified atom stereocenters. The predicted molar refractivity (Wildman–Crippen MR) is 86.7 cm³/mol. The first-order chi connectivity index (χ1) is 9.79. The molecule has 0 aliphatic heterocycles. The van der Waals surface area contributed by atoms with E-state index in [1.165, 1.54) is 30.3 Å². The summed E-state index contributed by atoms with van der Waals surface area (Å²) in [5.74, 6) is -0.436. The van der Waals surface area contributed by atoms with Crippen molar-refractivity contribution >= 4 is 47.6 Å². The third kappa shape index (κ3) is 4.03. The maximum atomic E-state index is 13.2. The number of nitrogen functional groups attached to an aromatic ring is 1. The highest BCUT2D eigenvalue weighted by Crippen LogP contribution is 2.24. The van der Waals surface area contributed by atoms with Crippen LogP contribution < -0.4 is 10.5 Å². The van der Waals surface area contributed by atoms with Gasteiger partial charge in [-0.05, 0) is 42.0 Å². The van der Waals surface area contributed by atoms with E-state index in [0.717, 1.165) is 0 Å². The van der Waals surface area contributed by atoms with Crippen molar-refractivity contribution in [1.82, 2.24) is 4.72 Å². The maximum absolute atomic E-state index is 13.2. The Labute approximate surface area is 138 Å². The molecule has 0 amide bonds. The number of nitrogens with two attached hydrogens (primary N) is 1. The van der Waals surface area contributed by atoms with Gasteiger partial charge in [0.1, 0.15) is 10.7 Å². The Hall–Kier alpha value is -0.960. The lowest BCUT2D eigenvalue weighted by Gasteiger charge is -2.10. The monoisotopic (exact) mass is 436 g/mol. The Morgan fingerprint density at radius 1 is 1.14 bits per heavy atom. The van der Waals surface area contributed by atoms with Crippen molar-refractivity contribution < 1.29 is 12.8 Å². The number of sulfonamides is 1. The SMILES string of the molecule is Nc1ccc(Br)cc1S(=O)(=O)NCc1cc(F)ccc1Br. The molecule has 0 spiro atoms. The van der Waals surface area contributed by atoms with Crippen molar-refractivity contribution in [2.45, 2.75) is 11.4 Å². The Balaban J connectivity index is 2.26. The molecule has 2 aromatic carbocycles. The first kappa shape index (κ1) is 16.4. The van der Waals surface area contributed by atoms with E-state index >= 15 is 0 Å². The van der Waals surface area contributed by atoms with Gasteiger partial charge < -0.3 is 5.73 Å². The molecule has 0 aliphatic carbocycles. The molecule has 4 nitrogen and oxygen atoms in total. The van der Waals surface area contributed by atoms with E-state index in [1.54, 1.807) is 6.07 Å². The van der Waals surface area contributed by atoms with Crippen LogP contribution in [0.1, 0.15) is 5.56 Å². The molecule has 0 radical (unpaired) electrons. The van der Waals surface area contributed by atoms with Crippen LogP contribution in [-0.2, 0) is 16.6 Å². The number of anilines is 1.